The molecule has 1 rings (SSSR count). The van der Waals surface area contributed by atoms with E-state index in [1.54, 1.807) is 44.2 Å². The van der Waals surface area contributed by atoms with Crippen LogP contribution in [-0.2, 0) is 30.4 Å². The minimum Gasteiger partial charge on any atom is -0.481 e. The maximum absolute atomic E-state index is 12.8. The Balaban J connectivity index is 2.89. The fourth-order valence-corrected chi connectivity index (χ4v) is 3.02. The van der Waals surface area contributed by atoms with Gasteiger partial charge in [-0.25, -0.2) is 4.79 Å². The van der Waals surface area contributed by atoms with Crippen LogP contribution in [0, 0.1) is 5.92 Å². The SMILES string of the molecule is CCC(C)C(NC(=O)C(N)CC(=O)O)C(=O)NC(CO)C(=O)NC(Cc1ccccc1)C(=O)O. The average Bonchev–Trinajstić information content (AvgIpc) is 2.79. The van der Waals surface area contributed by atoms with Crippen LogP contribution in [0.2, 0.25) is 0 Å². The molecule has 12 nitrogen and oxygen atoms in total. The van der Waals surface area contributed by atoms with Crippen LogP contribution in [0.1, 0.15) is 32.3 Å². The summed E-state index contributed by atoms with van der Waals surface area (Å²) < 4.78 is 0. The first-order chi connectivity index (χ1) is 16.0. The molecule has 12 heteroatoms. The average molecular weight is 481 g/mol. The molecule has 8 N–H and O–H groups in total. The van der Waals surface area contributed by atoms with Crippen molar-refractivity contribution in [2.45, 2.75) is 57.3 Å². The van der Waals surface area contributed by atoms with E-state index in [4.69, 9.17) is 10.8 Å². The van der Waals surface area contributed by atoms with Gasteiger partial charge in [0.05, 0.1) is 19.1 Å². The Bertz CT molecular complexity index is 864. The van der Waals surface area contributed by atoms with Crippen molar-refractivity contribution in [2.24, 2.45) is 11.7 Å². The van der Waals surface area contributed by atoms with Crippen LogP contribution in [0.3, 0.4) is 0 Å². The molecule has 3 amide bonds. The van der Waals surface area contributed by atoms with E-state index in [9.17, 15) is 34.2 Å². The molecule has 0 heterocycles. The number of aliphatic hydroxyl groups excluding tert-OH is 1. The van der Waals surface area contributed by atoms with Gasteiger partial charge in [-0.2, -0.15) is 0 Å². The van der Waals surface area contributed by atoms with Crippen molar-refractivity contribution >= 4 is 29.7 Å². The molecular weight excluding hydrogens is 448 g/mol. The third-order valence-electron chi connectivity index (χ3n) is 5.24. The van der Waals surface area contributed by atoms with Gasteiger partial charge in [0.2, 0.25) is 17.7 Å². The first kappa shape index (κ1) is 28.5. The second kappa shape index (κ2) is 13.9. The van der Waals surface area contributed by atoms with Crippen molar-refractivity contribution in [1.29, 1.82) is 0 Å². The van der Waals surface area contributed by atoms with Gasteiger partial charge < -0.3 is 37.0 Å². The van der Waals surface area contributed by atoms with Gasteiger partial charge in [-0.05, 0) is 11.5 Å². The highest BCUT2D eigenvalue weighted by molar-refractivity contribution is 5.95. The number of nitrogens with one attached hydrogen (secondary N) is 3. The molecule has 1 aromatic rings. The molecular formula is C22H32N4O8. The van der Waals surface area contributed by atoms with Gasteiger partial charge in [0.1, 0.15) is 18.1 Å². The fraction of sp³-hybridized carbons (Fsp3) is 0.500. The number of aliphatic carboxylic acids is 2. The van der Waals surface area contributed by atoms with E-state index in [1.165, 1.54) is 0 Å². The largest absolute Gasteiger partial charge is 0.481 e. The Morgan fingerprint density at radius 1 is 0.912 bits per heavy atom. The maximum atomic E-state index is 12.8. The highest BCUT2D eigenvalue weighted by Gasteiger charge is 2.32. The van der Waals surface area contributed by atoms with Crippen molar-refractivity contribution in [2.75, 3.05) is 6.61 Å². The Kier molecular flexibility index (Phi) is 11.7. The summed E-state index contributed by atoms with van der Waals surface area (Å²) in [6.45, 7) is 2.59. The number of hydrogen-bond acceptors (Lipinski definition) is 7. The zero-order valence-corrected chi connectivity index (χ0v) is 19.1. The molecule has 0 aromatic heterocycles. The highest BCUT2D eigenvalue weighted by Crippen LogP contribution is 2.09. The Morgan fingerprint density at radius 2 is 1.50 bits per heavy atom. The van der Waals surface area contributed by atoms with E-state index in [-0.39, 0.29) is 6.42 Å². The lowest BCUT2D eigenvalue weighted by Gasteiger charge is -2.27. The Morgan fingerprint density at radius 3 is 2.00 bits per heavy atom. The molecule has 5 unspecified atom stereocenters. The van der Waals surface area contributed by atoms with E-state index in [0.29, 0.717) is 12.0 Å². The van der Waals surface area contributed by atoms with Crippen molar-refractivity contribution in [1.82, 2.24) is 16.0 Å². The van der Waals surface area contributed by atoms with Gasteiger partial charge in [0.15, 0.2) is 0 Å². The van der Waals surface area contributed by atoms with Crippen LogP contribution >= 0.6 is 0 Å². The van der Waals surface area contributed by atoms with Crippen LogP contribution in [0.15, 0.2) is 30.3 Å². The number of aliphatic hydroxyl groups is 1. The number of carboxylic acid groups (broad SMARTS) is 2. The van der Waals surface area contributed by atoms with Crippen molar-refractivity contribution in [3.63, 3.8) is 0 Å². The van der Waals surface area contributed by atoms with Crippen LogP contribution in [0.4, 0.5) is 0 Å². The van der Waals surface area contributed by atoms with E-state index < -0.39 is 72.8 Å². The number of carbonyl (C=O) groups is 5. The van der Waals surface area contributed by atoms with Gasteiger partial charge >= 0.3 is 11.9 Å². The molecule has 0 fully saturated rings. The molecule has 0 saturated carbocycles. The van der Waals surface area contributed by atoms with Crippen molar-refractivity contribution in [3.8, 4) is 0 Å². The smallest absolute Gasteiger partial charge is 0.326 e. The first-order valence-electron chi connectivity index (χ1n) is 10.8. The lowest BCUT2D eigenvalue weighted by molar-refractivity contribution is -0.142. The van der Waals surface area contributed by atoms with Crippen LogP contribution in [0.25, 0.3) is 0 Å². The van der Waals surface area contributed by atoms with Crippen molar-refractivity contribution in [3.05, 3.63) is 35.9 Å². The number of rotatable bonds is 14. The third kappa shape index (κ3) is 9.16. The van der Waals surface area contributed by atoms with E-state index in [1.807, 2.05) is 0 Å². The van der Waals surface area contributed by atoms with Crippen LogP contribution in [-0.4, -0.2) is 75.8 Å². The number of carbonyl (C=O) groups excluding carboxylic acids is 3. The Hall–Kier alpha value is -3.51. The van der Waals surface area contributed by atoms with Gasteiger partial charge in [-0.3, -0.25) is 19.2 Å². The lowest BCUT2D eigenvalue weighted by Crippen LogP contribution is -2.59. The lowest BCUT2D eigenvalue weighted by atomic mass is 9.97. The first-order valence-corrected chi connectivity index (χ1v) is 10.8. The molecule has 0 aliphatic heterocycles. The zero-order valence-electron chi connectivity index (χ0n) is 19.1. The zero-order chi connectivity index (χ0) is 25.8. The summed E-state index contributed by atoms with van der Waals surface area (Å²) in [6, 6.07) is 3.25. The predicted molar refractivity (Wildman–Crippen MR) is 120 cm³/mol. The summed E-state index contributed by atoms with van der Waals surface area (Å²) in [5.41, 5.74) is 6.21. The molecule has 188 valence electrons. The summed E-state index contributed by atoms with van der Waals surface area (Å²) in [5.74, 6) is -5.59. The third-order valence-corrected chi connectivity index (χ3v) is 5.24. The normalized spacial score (nSPS) is 15.2. The Labute approximate surface area is 196 Å². The number of nitrogens with two attached hydrogens (primary N) is 1. The molecule has 1 aromatic carbocycles. The summed E-state index contributed by atoms with van der Waals surface area (Å²) in [5, 5.41) is 34.9. The van der Waals surface area contributed by atoms with Gasteiger partial charge in [0.25, 0.3) is 0 Å². The summed E-state index contributed by atoms with van der Waals surface area (Å²) in [6.07, 6.45) is -0.206. The minimum absolute atomic E-state index is 0.0129. The highest BCUT2D eigenvalue weighted by atomic mass is 16.4. The molecule has 0 radical (unpaired) electrons. The number of hydrogen-bond donors (Lipinski definition) is 7. The molecule has 0 spiro atoms. The number of amides is 3. The standard InChI is InChI=1S/C22H32N4O8/c1-3-12(2)18(26-19(30)14(23)10-17(28)29)21(32)25-16(11-27)20(31)24-15(22(33)34)9-13-7-5-4-6-8-13/h4-8,12,14-16,18,27H,3,9-11,23H2,1-2H3,(H,24,31)(H,25,32)(H,26,30)(H,28,29)(H,33,34). The van der Waals surface area contributed by atoms with E-state index in [0.717, 1.165) is 0 Å². The monoisotopic (exact) mass is 480 g/mol. The fourth-order valence-electron chi connectivity index (χ4n) is 3.02. The number of benzene rings is 1. The second-order valence-electron chi connectivity index (χ2n) is 7.91. The van der Waals surface area contributed by atoms with Crippen LogP contribution < -0.4 is 21.7 Å². The molecule has 0 saturated heterocycles. The summed E-state index contributed by atoms with van der Waals surface area (Å²) in [4.78, 5) is 60.0. The van der Waals surface area contributed by atoms with Gasteiger partial charge in [-0.1, -0.05) is 50.6 Å². The second-order valence-corrected chi connectivity index (χ2v) is 7.91. The molecule has 0 aliphatic rings. The number of carboxylic acids is 2. The molecule has 0 aliphatic carbocycles. The molecule has 34 heavy (non-hydrogen) atoms. The quantitative estimate of drug-likeness (QED) is 0.167. The summed E-state index contributed by atoms with van der Waals surface area (Å²) in [7, 11) is 0. The predicted octanol–water partition coefficient (Wildman–Crippen LogP) is -1.39. The van der Waals surface area contributed by atoms with Gasteiger partial charge in [0, 0.05) is 6.42 Å². The van der Waals surface area contributed by atoms with E-state index in [2.05, 4.69) is 16.0 Å². The molecule has 5 atom stereocenters. The van der Waals surface area contributed by atoms with Crippen LogP contribution in [0.5, 0.6) is 0 Å². The summed E-state index contributed by atoms with van der Waals surface area (Å²) >= 11 is 0. The molecule has 0 bridgehead atoms. The van der Waals surface area contributed by atoms with Crippen molar-refractivity contribution < 1.29 is 39.3 Å². The maximum Gasteiger partial charge on any atom is 0.326 e. The van der Waals surface area contributed by atoms with Gasteiger partial charge in [-0.15, -0.1) is 0 Å². The minimum atomic E-state index is -1.48. The van der Waals surface area contributed by atoms with E-state index >= 15 is 0 Å². The topological polar surface area (TPSA) is 208 Å².